The van der Waals surface area contributed by atoms with Crippen molar-refractivity contribution >= 4 is 17.2 Å². The maximum absolute atomic E-state index is 12.3. The Morgan fingerprint density at radius 1 is 1.24 bits per heavy atom. The number of nitrogens with one attached hydrogen (secondary N) is 1. The summed E-state index contributed by atoms with van der Waals surface area (Å²) in [5.41, 5.74) is 1.32. The molecule has 0 aliphatic heterocycles. The summed E-state index contributed by atoms with van der Waals surface area (Å²) in [6, 6.07) is 5.46. The minimum absolute atomic E-state index is 0.0582. The van der Waals surface area contributed by atoms with Crippen molar-refractivity contribution in [2.75, 3.05) is 14.2 Å². The Balaban J connectivity index is 2.08. The van der Waals surface area contributed by atoms with E-state index in [9.17, 15) is 4.79 Å². The molecule has 1 heterocycles. The Morgan fingerprint density at radius 2 is 2.00 bits per heavy atom. The first kappa shape index (κ1) is 19.2. The standard InChI is InChI=1S/C18H24N2O4S/c1-11(2)24-15-7-6-13(8-16(15)23-5)12(3)19-18(21)14-10-25-17(20-14)9-22-4/h6-8,10-12H,9H2,1-5H3,(H,19,21). The van der Waals surface area contributed by atoms with E-state index in [1.807, 2.05) is 39.0 Å². The molecular weight excluding hydrogens is 340 g/mol. The summed E-state index contributed by atoms with van der Waals surface area (Å²) in [6.45, 7) is 6.24. The van der Waals surface area contributed by atoms with E-state index < -0.39 is 0 Å². The fourth-order valence-electron chi connectivity index (χ4n) is 2.26. The minimum Gasteiger partial charge on any atom is -0.493 e. The topological polar surface area (TPSA) is 69.7 Å². The number of carbonyl (C=O) groups is 1. The van der Waals surface area contributed by atoms with Gasteiger partial charge in [0.25, 0.3) is 5.91 Å². The molecule has 0 spiro atoms. The molecule has 1 aromatic carbocycles. The van der Waals surface area contributed by atoms with Crippen LogP contribution < -0.4 is 14.8 Å². The quantitative estimate of drug-likeness (QED) is 0.775. The second kappa shape index (κ2) is 8.82. The highest BCUT2D eigenvalue weighted by molar-refractivity contribution is 7.09. The molecule has 2 rings (SSSR count). The van der Waals surface area contributed by atoms with Gasteiger partial charge in [0.15, 0.2) is 11.5 Å². The van der Waals surface area contributed by atoms with Crippen LogP contribution in [0.15, 0.2) is 23.6 Å². The van der Waals surface area contributed by atoms with Gasteiger partial charge in [0.2, 0.25) is 0 Å². The number of amides is 1. The lowest BCUT2D eigenvalue weighted by Gasteiger charge is -2.18. The van der Waals surface area contributed by atoms with Gasteiger partial charge in [0.1, 0.15) is 10.7 Å². The molecule has 1 amide bonds. The lowest BCUT2D eigenvalue weighted by atomic mass is 10.1. The highest BCUT2D eigenvalue weighted by Gasteiger charge is 2.16. The zero-order valence-electron chi connectivity index (χ0n) is 15.2. The summed E-state index contributed by atoms with van der Waals surface area (Å²) in [4.78, 5) is 16.6. The summed E-state index contributed by atoms with van der Waals surface area (Å²) in [6.07, 6.45) is 0.0582. The first-order valence-corrected chi connectivity index (χ1v) is 8.91. The highest BCUT2D eigenvalue weighted by Crippen LogP contribution is 2.31. The number of rotatable bonds is 8. The fourth-order valence-corrected chi connectivity index (χ4v) is 3.01. The zero-order valence-corrected chi connectivity index (χ0v) is 16.0. The first-order valence-electron chi connectivity index (χ1n) is 8.03. The molecule has 7 heteroatoms. The summed E-state index contributed by atoms with van der Waals surface area (Å²) < 4.78 is 16.1. The molecule has 1 unspecified atom stereocenters. The molecule has 0 aliphatic carbocycles. The average molecular weight is 364 g/mol. The van der Waals surface area contributed by atoms with E-state index in [1.54, 1.807) is 19.6 Å². The Labute approximate surface area is 152 Å². The molecule has 25 heavy (non-hydrogen) atoms. The summed E-state index contributed by atoms with van der Waals surface area (Å²) in [5.74, 6) is 1.11. The van der Waals surface area contributed by atoms with E-state index in [0.717, 1.165) is 10.6 Å². The van der Waals surface area contributed by atoms with Gasteiger partial charge >= 0.3 is 0 Å². The van der Waals surface area contributed by atoms with Crippen LogP contribution in [0, 0.1) is 0 Å². The van der Waals surface area contributed by atoms with Crippen LogP contribution >= 0.6 is 11.3 Å². The summed E-state index contributed by atoms with van der Waals surface area (Å²) in [7, 11) is 3.20. The number of benzene rings is 1. The lowest BCUT2D eigenvalue weighted by molar-refractivity contribution is 0.0935. The predicted octanol–water partition coefficient (Wildman–Crippen LogP) is 3.58. The molecule has 136 valence electrons. The van der Waals surface area contributed by atoms with Crippen LogP contribution in [0.4, 0.5) is 0 Å². The third-order valence-corrected chi connectivity index (χ3v) is 4.27. The van der Waals surface area contributed by atoms with Crippen LogP contribution in [-0.2, 0) is 11.3 Å². The predicted molar refractivity (Wildman–Crippen MR) is 97.5 cm³/mol. The van der Waals surface area contributed by atoms with Crippen molar-refractivity contribution in [2.24, 2.45) is 0 Å². The van der Waals surface area contributed by atoms with Crippen molar-refractivity contribution in [3.8, 4) is 11.5 Å². The Kier molecular flexibility index (Phi) is 6.78. The van der Waals surface area contributed by atoms with Crippen LogP contribution in [0.3, 0.4) is 0 Å². The monoisotopic (exact) mass is 364 g/mol. The first-order chi connectivity index (χ1) is 11.9. The zero-order chi connectivity index (χ0) is 18.4. The van der Waals surface area contributed by atoms with Crippen LogP contribution in [0.25, 0.3) is 0 Å². The van der Waals surface area contributed by atoms with Gasteiger partial charge in [0, 0.05) is 12.5 Å². The van der Waals surface area contributed by atoms with Crippen LogP contribution in [-0.4, -0.2) is 31.2 Å². The normalized spacial score (nSPS) is 12.1. The highest BCUT2D eigenvalue weighted by atomic mass is 32.1. The van der Waals surface area contributed by atoms with Crippen LogP contribution in [0.2, 0.25) is 0 Å². The van der Waals surface area contributed by atoms with Crippen molar-refractivity contribution in [1.29, 1.82) is 0 Å². The van der Waals surface area contributed by atoms with Crippen LogP contribution in [0.5, 0.6) is 11.5 Å². The fraction of sp³-hybridized carbons (Fsp3) is 0.444. The maximum Gasteiger partial charge on any atom is 0.271 e. The maximum atomic E-state index is 12.3. The van der Waals surface area contributed by atoms with Crippen molar-refractivity contribution < 1.29 is 19.0 Å². The molecule has 0 radical (unpaired) electrons. The summed E-state index contributed by atoms with van der Waals surface area (Å²) in [5, 5.41) is 5.46. The van der Waals surface area contributed by atoms with Gasteiger partial charge in [-0.15, -0.1) is 11.3 Å². The van der Waals surface area contributed by atoms with Crippen molar-refractivity contribution in [2.45, 2.75) is 39.5 Å². The van der Waals surface area contributed by atoms with E-state index in [1.165, 1.54) is 11.3 Å². The Morgan fingerprint density at radius 3 is 2.64 bits per heavy atom. The number of aromatic nitrogens is 1. The van der Waals surface area contributed by atoms with Gasteiger partial charge in [-0.25, -0.2) is 4.98 Å². The molecule has 1 aromatic heterocycles. The van der Waals surface area contributed by atoms with Gasteiger partial charge in [-0.05, 0) is 38.5 Å². The van der Waals surface area contributed by atoms with E-state index >= 15 is 0 Å². The van der Waals surface area contributed by atoms with E-state index in [4.69, 9.17) is 14.2 Å². The number of methoxy groups -OCH3 is 2. The van der Waals surface area contributed by atoms with Crippen LogP contribution in [0.1, 0.15) is 47.9 Å². The molecule has 0 saturated heterocycles. The van der Waals surface area contributed by atoms with Gasteiger partial charge in [0.05, 0.1) is 25.9 Å². The number of hydrogen-bond donors (Lipinski definition) is 1. The molecule has 1 N–H and O–H groups in total. The molecule has 0 fully saturated rings. The van der Waals surface area contributed by atoms with Crippen molar-refractivity contribution in [1.82, 2.24) is 10.3 Å². The van der Waals surface area contributed by atoms with E-state index in [2.05, 4.69) is 10.3 Å². The SMILES string of the molecule is COCc1nc(C(=O)NC(C)c2ccc(OC(C)C)c(OC)c2)cs1. The third-order valence-electron chi connectivity index (χ3n) is 3.45. The molecular formula is C18H24N2O4S. The Hall–Kier alpha value is -2.12. The second-order valence-electron chi connectivity index (χ2n) is 5.83. The average Bonchev–Trinajstić information content (AvgIpc) is 3.03. The molecule has 0 aliphatic rings. The van der Waals surface area contributed by atoms with E-state index in [0.29, 0.717) is 23.8 Å². The lowest BCUT2D eigenvalue weighted by Crippen LogP contribution is -2.27. The Bertz CT molecular complexity index is 715. The molecule has 6 nitrogen and oxygen atoms in total. The summed E-state index contributed by atoms with van der Waals surface area (Å²) >= 11 is 1.41. The smallest absolute Gasteiger partial charge is 0.271 e. The number of ether oxygens (including phenoxy) is 3. The molecule has 0 bridgehead atoms. The number of thiazole rings is 1. The molecule has 0 saturated carbocycles. The molecule has 2 aromatic rings. The second-order valence-corrected chi connectivity index (χ2v) is 6.77. The van der Waals surface area contributed by atoms with Crippen molar-refractivity contribution in [3.05, 3.63) is 39.8 Å². The largest absolute Gasteiger partial charge is 0.493 e. The third kappa shape index (κ3) is 5.17. The number of hydrogen-bond acceptors (Lipinski definition) is 6. The van der Waals surface area contributed by atoms with Gasteiger partial charge < -0.3 is 19.5 Å². The van der Waals surface area contributed by atoms with Gasteiger partial charge in [-0.1, -0.05) is 6.07 Å². The van der Waals surface area contributed by atoms with Gasteiger partial charge in [-0.2, -0.15) is 0 Å². The number of carbonyl (C=O) groups excluding carboxylic acids is 1. The number of nitrogens with zero attached hydrogens (tertiary/aromatic N) is 1. The van der Waals surface area contributed by atoms with E-state index in [-0.39, 0.29) is 18.1 Å². The minimum atomic E-state index is -0.215. The molecule has 1 atom stereocenters. The van der Waals surface area contributed by atoms with Crippen molar-refractivity contribution in [3.63, 3.8) is 0 Å². The van der Waals surface area contributed by atoms with Gasteiger partial charge in [-0.3, -0.25) is 4.79 Å².